The number of nitrogens with zero attached hydrogens (tertiary/aromatic N) is 1. The van der Waals surface area contributed by atoms with Gasteiger partial charge in [0.05, 0.1) is 12.1 Å². The van der Waals surface area contributed by atoms with E-state index in [0.717, 1.165) is 25.8 Å². The molecule has 3 atom stereocenters. The van der Waals surface area contributed by atoms with Gasteiger partial charge in [-0.2, -0.15) is 0 Å². The number of hydrogen-bond donors (Lipinski definition) is 2. The summed E-state index contributed by atoms with van der Waals surface area (Å²) in [6.45, 7) is 4.74. The van der Waals surface area contributed by atoms with Crippen LogP contribution < -0.4 is 11.1 Å². The lowest BCUT2D eigenvalue weighted by atomic mass is 9.99. The second kappa shape index (κ2) is 9.02. The minimum absolute atomic E-state index is 0.0283. The quantitative estimate of drug-likeness (QED) is 0.797. The fraction of sp³-hybridized carbons (Fsp3) is 0.391. The number of anilines is 1. The highest BCUT2D eigenvalue weighted by Crippen LogP contribution is 2.33. The number of rotatable bonds is 6. The van der Waals surface area contributed by atoms with Gasteiger partial charge in [-0.15, -0.1) is 0 Å². The molecule has 3 N–H and O–H groups in total. The Balaban J connectivity index is 1.67. The molecular formula is C23H29N3O2. The molecule has 1 fully saturated rings. The Labute approximate surface area is 166 Å². The van der Waals surface area contributed by atoms with Crippen molar-refractivity contribution in [3.63, 3.8) is 0 Å². The van der Waals surface area contributed by atoms with Gasteiger partial charge in [0.25, 0.3) is 5.91 Å². The molecule has 1 heterocycles. The summed E-state index contributed by atoms with van der Waals surface area (Å²) in [7, 11) is 0. The van der Waals surface area contributed by atoms with Gasteiger partial charge < -0.3 is 16.0 Å². The number of benzene rings is 2. The average molecular weight is 380 g/mol. The lowest BCUT2D eigenvalue weighted by Gasteiger charge is -2.25. The molecule has 1 aliphatic heterocycles. The SMILES string of the molecule is CCC(C)C(N)C(=O)Nc1ccc(C(=O)N2CCCC2c2ccccc2)cc1. The zero-order chi connectivity index (χ0) is 20.1. The van der Waals surface area contributed by atoms with E-state index in [2.05, 4.69) is 17.4 Å². The molecule has 0 radical (unpaired) electrons. The molecular weight excluding hydrogens is 350 g/mol. The van der Waals surface area contributed by atoms with E-state index in [0.29, 0.717) is 11.3 Å². The van der Waals surface area contributed by atoms with Crippen molar-refractivity contribution in [3.05, 3.63) is 65.7 Å². The highest BCUT2D eigenvalue weighted by molar-refractivity contribution is 5.97. The third-order valence-corrected chi connectivity index (χ3v) is 5.66. The van der Waals surface area contributed by atoms with Crippen LogP contribution in [0.2, 0.25) is 0 Å². The standard InChI is InChI=1S/C23H29N3O2/c1-3-16(2)21(24)22(27)25-19-13-11-18(12-14-19)23(28)26-15-7-10-20(26)17-8-5-4-6-9-17/h4-6,8-9,11-14,16,20-21H,3,7,10,15,24H2,1-2H3,(H,25,27). The molecule has 1 aliphatic rings. The molecule has 0 spiro atoms. The van der Waals surface area contributed by atoms with Crippen molar-refractivity contribution in [3.8, 4) is 0 Å². The van der Waals surface area contributed by atoms with Crippen LogP contribution in [0.3, 0.4) is 0 Å². The number of nitrogens with two attached hydrogens (primary N) is 1. The van der Waals surface area contributed by atoms with Gasteiger partial charge in [0.1, 0.15) is 0 Å². The van der Waals surface area contributed by atoms with Gasteiger partial charge in [0.15, 0.2) is 0 Å². The zero-order valence-electron chi connectivity index (χ0n) is 16.6. The Morgan fingerprint density at radius 1 is 1.14 bits per heavy atom. The first-order valence-electron chi connectivity index (χ1n) is 10.0. The van der Waals surface area contributed by atoms with Crippen LogP contribution >= 0.6 is 0 Å². The molecule has 3 unspecified atom stereocenters. The van der Waals surface area contributed by atoms with Crippen LogP contribution in [-0.4, -0.2) is 29.3 Å². The monoisotopic (exact) mass is 379 g/mol. The number of hydrogen-bond acceptors (Lipinski definition) is 3. The molecule has 0 aliphatic carbocycles. The molecule has 0 saturated carbocycles. The largest absolute Gasteiger partial charge is 0.332 e. The topological polar surface area (TPSA) is 75.4 Å². The van der Waals surface area contributed by atoms with Crippen LogP contribution in [0.25, 0.3) is 0 Å². The molecule has 148 valence electrons. The minimum atomic E-state index is -0.539. The Morgan fingerprint density at radius 3 is 2.46 bits per heavy atom. The summed E-state index contributed by atoms with van der Waals surface area (Å²) >= 11 is 0. The second-order valence-electron chi connectivity index (χ2n) is 7.55. The van der Waals surface area contributed by atoms with E-state index >= 15 is 0 Å². The molecule has 3 rings (SSSR count). The molecule has 2 amide bonds. The number of amides is 2. The summed E-state index contributed by atoms with van der Waals surface area (Å²) < 4.78 is 0. The Morgan fingerprint density at radius 2 is 1.82 bits per heavy atom. The van der Waals surface area contributed by atoms with Crippen molar-refractivity contribution in [2.45, 2.75) is 45.2 Å². The first-order chi connectivity index (χ1) is 13.5. The van der Waals surface area contributed by atoms with E-state index in [4.69, 9.17) is 5.73 Å². The summed E-state index contributed by atoms with van der Waals surface area (Å²) in [5.41, 5.74) is 8.44. The molecule has 5 heteroatoms. The van der Waals surface area contributed by atoms with Crippen LogP contribution in [-0.2, 0) is 4.79 Å². The van der Waals surface area contributed by atoms with E-state index in [1.54, 1.807) is 24.3 Å². The van der Waals surface area contributed by atoms with Gasteiger partial charge >= 0.3 is 0 Å². The summed E-state index contributed by atoms with van der Waals surface area (Å²) in [5.74, 6) is -0.0522. The average Bonchev–Trinajstić information content (AvgIpc) is 3.23. The maximum absolute atomic E-state index is 13.0. The van der Waals surface area contributed by atoms with Crippen LogP contribution in [0.15, 0.2) is 54.6 Å². The maximum Gasteiger partial charge on any atom is 0.254 e. The normalized spacial score (nSPS) is 18.5. The summed E-state index contributed by atoms with van der Waals surface area (Å²) in [5, 5.41) is 2.84. The highest BCUT2D eigenvalue weighted by atomic mass is 16.2. The molecule has 0 aromatic heterocycles. The fourth-order valence-electron chi connectivity index (χ4n) is 3.63. The number of nitrogens with one attached hydrogen (secondary N) is 1. The third kappa shape index (κ3) is 4.42. The van der Waals surface area contributed by atoms with Crippen LogP contribution in [0, 0.1) is 5.92 Å². The second-order valence-corrected chi connectivity index (χ2v) is 7.55. The van der Waals surface area contributed by atoms with Gasteiger partial charge in [-0.3, -0.25) is 9.59 Å². The molecule has 2 aromatic rings. The van der Waals surface area contributed by atoms with Gasteiger partial charge in [0.2, 0.25) is 5.91 Å². The van der Waals surface area contributed by atoms with Gasteiger partial charge in [-0.1, -0.05) is 50.6 Å². The number of carbonyl (C=O) groups is 2. The predicted octanol–water partition coefficient (Wildman–Crippen LogP) is 3.98. The third-order valence-electron chi connectivity index (χ3n) is 5.66. The van der Waals surface area contributed by atoms with Crippen molar-refractivity contribution >= 4 is 17.5 Å². The number of carbonyl (C=O) groups excluding carboxylic acids is 2. The maximum atomic E-state index is 13.0. The van der Waals surface area contributed by atoms with Crippen molar-refractivity contribution in [2.24, 2.45) is 11.7 Å². The Hall–Kier alpha value is -2.66. The van der Waals surface area contributed by atoms with Crippen LogP contribution in [0.4, 0.5) is 5.69 Å². The molecule has 2 aromatic carbocycles. The lowest BCUT2D eigenvalue weighted by Crippen LogP contribution is -2.40. The van der Waals surface area contributed by atoms with Crippen molar-refractivity contribution in [1.29, 1.82) is 0 Å². The number of likely N-dealkylation sites (tertiary alicyclic amines) is 1. The van der Waals surface area contributed by atoms with Crippen molar-refractivity contribution in [2.75, 3.05) is 11.9 Å². The Kier molecular flexibility index (Phi) is 6.47. The van der Waals surface area contributed by atoms with E-state index in [9.17, 15) is 9.59 Å². The molecule has 5 nitrogen and oxygen atoms in total. The van der Waals surface area contributed by atoms with Crippen LogP contribution in [0.5, 0.6) is 0 Å². The van der Waals surface area contributed by atoms with E-state index < -0.39 is 6.04 Å². The molecule has 28 heavy (non-hydrogen) atoms. The van der Waals surface area contributed by atoms with Gasteiger partial charge in [-0.05, 0) is 48.6 Å². The smallest absolute Gasteiger partial charge is 0.254 e. The first kappa shape index (κ1) is 20.1. The highest BCUT2D eigenvalue weighted by Gasteiger charge is 2.30. The summed E-state index contributed by atoms with van der Waals surface area (Å²) in [4.78, 5) is 27.2. The van der Waals surface area contributed by atoms with E-state index in [1.807, 2.05) is 36.9 Å². The van der Waals surface area contributed by atoms with Gasteiger partial charge in [0, 0.05) is 17.8 Å². The van der Waals surface area contributed by atoms with Gasteiger partial charge in [-0.25, -0.2) is 0 Å². The van der Waals surface area contributed by atoms with E-state index in [-0.39, 0.29) is 23.8 Å². The summed E-state index contributed by atoms with van der Waals surface area (Å²) in [6.07, 6.45) is 2.84. The minimum Gasteiger partial charge on any atom is -0.332 e. The Bertz CT molecular complexity index is 804. The zero-order valence-corrected chi connectivity index (χ0v) is 16.6. The van der Waals surface area contributed by atoms with Crippen LogP contribution in [0.1, 0.15) is 55.1 Å². The molecule has 1 saturated heterocycles. The molecule has 0 bridgehead atoms. The van der Waals surface area contributed by atoms with E-state index in [1.165, 1.54) is 5.56 Å². The van der Waals surface area contributed by atoms with Crippen molar-refractivity contribution in [1.82, 2.24) is 4.90 Å². The lowest BCUT2D eigenvalue weighted by molar-refractivity contribution is -0.118. The summed E-state index contributed by atoms with van der Waals surface area (Å²) in [6, 6.07) is 16.8. The van der Waals surface area contributed by atoms with Crippen molar-refractivity contribution < 1.29 is 9.59 Å². The fourth-order valence-corrected chi connectivity index (χ4v) is 3.63. The first-order valence-corrected chi connectivity index (χ1v) is 10.0. The predicted molar refractivity (Wildman–Crippen MR) is 112 cm³/mol.